The first kappa shape index (κ1) is 18.1. The van der Waals surface area contributed by atoms with E-state index >= 15 is 0 Å². The normalized spacial score (nSPS) is 11.3. The van der Waals surface area contributed by atoms with Gasteiger partial charge in [-0.05, 0) is 36.8 Å². The summed E-state index contributed by atoms with van der Waals surface area (Å²) in [5, 5.41) is 8.86. The predicted molar refractivity (Wildman–Crippen MR) is 109 cm³/mol. The predicted octanol–water partition coefficient (Wildman–Crippen LogP) is 3.84. The van der Waals surface area contributed by atoms with Crippen LogP contribution in [0.3, 0.4) is 0 Å². The van der Waals surface area contributed by atoms with Gasteiger partial charge in [-0.15, -0.1) is 11.3 Å². The number of nitrogens with one attached hydrogen (secondary N) is 2. The Labute approximate surface area is 166 Å². The zero-order valence-corrected chi connectivity index (χ0v) is 16.4. The number of anilines is 4. The Kier molecular flexibility index (Phi) is 4.80. The highest BCUT2D eigenvalue weighted by atomic mass is 32.2. The SMILES string of the molecule is Cc1cccc(N(c2ccc(S(=O)(=O)Nc3nccs3)nc2)c2ccn[nH]2)c1. The maximum Gasteiger partial charge on any atom is 0.281 e. The van der Waals surface area contributed by atoms with Crippen LogP contribution in [0.25, 0.3) is 0 Å². The van der Waals surface area contributed by atoms with Crippen molar-refractivity contribution in [3.8, 4) is 0 Å². The van der Waals surface area contributed by atoms with E-state index in [-0.39, 0.29) is 5.03 Å². The molecule has 1 aromatic carbocycles. The molecular formula is C18H16N6O2S2. The van der Waals surface area contributed by atoms with Gasteiger partial charge < -0.3 is 0 Å². The van der Waals surface area contributed by atoms with Crippen LogP contribution in [0.4, 0.5) is 22.3 Å². The van der Waals surface area contributed by atoms with Gasteiger partial charge in [0.25, 0.3) is 10.0 Å². The third kappa shape index (κ3) is 3.73. The first-order valence-electron chi connectivity index (χ1n) is 8.27. The number of pyridine rings is 1. The Morgan fingerprint density at radius 1 is 1.07 bits per heavy atom. The highest BCUT2D eigenvalue weighted by Gasteiger charge is 2.19. The molecule has 0 fully saturated rings. The number of hydrogen-bond donors (Lipinski definition) is 2. The van der Waals surface area contributed by atoms with Crippen LogP contribution in [-0.4, -0.2) is 28.6 Å². The van der Waals surface area contributed by atoms with Crippen LogP contribution < -0.4 is 9.62 Å². The van der Waals surface area contributed by atoms with Gasteiger partial charge >= 0.3 is 0 Å². The number of benzene rings is 1. The van der Waals surface area contributed by atoms with Crippen molar-refractivity contribution in [2.24, 2.45) is 0 Å². The minimum absolute atomic E-state index is 0.0831. The molecule has 28 heavy (non-hydrogen) atoms. The second-order valence-electron chi connectivity index (χ2n) is 5.91. The molecule has 0 unspecified atom stereocenters. The number of aromatic amines is 1. The van der Waals surface area contributed by atoms with Crippen LogP contribution in [0, 0.1) is 6.92 Å². The first-order chi connectivity index (χ1) is 13.5. The molecule has 0 aliphatic rings. The van der Waals surface area contributed by atoms with Gasteiger partial charge in [-0.25, -0.2) is 9.97 Å². The second kappa shape index (κ2) is 7.41. The third-order valence-electron chi connectivity index (χ3n) is 3.90. The highest BCUT2D eigenvalue weighted by molar-refractivity contribution is 7.92. The number of aryl methyl sites for hydroxylation is 1. The number of nitrogens with zero attached hydrogens (tertiary/aromatic N) is 4. The molecule has 0 aliphatic carbocycles. The Hall–Kier alpha value is -3.24. The van der Waals surface area contributed by atoms with Crippen molar-refractivity contribution in [1.82, 2.24) is 20.2 Å². The second-order valence-corrected chi connectivity index (χ2v) is 8.44. The molecule has 0 saturated carbocycles. The van der Waals surface area contributed by atoms with Crippen LogP contribution in [0.15, 0.2) is 71.5 Å². The van der Waals surface area contributed by atoms with E-state index in [9.17, 15) is 8.42 Å². The first-order valence-corrected chi connectivity index (χ1v) is 10.6. The van der Waals surface area contributed by atoms with E-state index in [1.807, 2.05) is 42.2 Å². The summed E-state index contributed by atoms with van der Waals surface area (Å²) in [6.07, 6.45) is 4.70. The average molecular weight is 413 g/mol. The van der Waals surface area contributed by atoms with Crippen LogP contribution in [-0.2, 0) is 10.0 Å². The molecule has 0 bridgehead atoms. The molecule has 3 heterocycles. The van der Waals surface area contributed by atoms with Crippen LogP contribution >= 0.6 is 11.3 Å². The van der Waals surface area contributed by atoms with Crippen LogP contribution in [0.5, 0.6) is 0 Å². The maximum absolute atomic E-state index is 12.5. The number of rotatable bonds is 6. The summed E-state index contributed by atoms with van der Waals surface area (Å²) in [7, 11) is -3.80. The van der Waals surface area contributed by atoms with E-state index < -0.39 is 10.0 Å². The van der Waals surface area contributed by atoms with Crippen LogP contribution in [0.1, 0.15) is 5.56 Å². The van der Waals surface area contributed by atoms with Gasteiger partial charge in [0.05, 0.1) is 18.1 Å². The fourth-order valence-corrected chi connectivity index (χ4v) is 4.39. The molecule has 0 aliphatic heterocycles. The fraction of sp³-hybridized carbons (Fsp3) is 0.0556. The highest BCUT2D eigenvalue weighted by Crippen LogP contribution is 2.33. The molecule has 0 radical (unpaired) electrons. The molecule has 0 amide bonds. The molecule has 10 heteroatoms. The molecule has 0 saturated heterocycles. The van der Waals surface area contributed by atoms with E-state index in [0.717, 1.165) is 17.1 Å². The van der Waals surface area contributed by atoms with Gasteiger partial charge in [-0.1, -0.05) is 12.1 Å². The molecule has 4 rings (SSSR count). The van der Waals surface area contributed by atoms with Crippen molar-refractivity contribution in [1.29, 1.82) is 0 Å². The topological polar surface area (TPSA) is 104 Å². The Bertz CT molecular complexity index is 1160. The van der Waals surface area contributed by atoms with Gasteiger partial charge in [0.1, 0.15) is 5.82 Å². The number of sulfonamides is 1. The smallest absolute Gasteiger partial charge is 0.281 e. The minimum atomic E-state index is -3.80. The van der Waals surface area contributed by atoms with Gasteiger partial charge in [0.2, 0.25) is 0 Å². The van der Waals surface area contributed by atoms with Gasteiger partial charge in [-0.2, -0.15) is 13.5 Å². The summed E-state index contributed by atoms with van der Waals surface area (Å²) in [4.78, 5) is 10.0. The average Bonchev–Trinajstić information content (AvgIpc) is 3.37. The molecule has 3 aromatic heterocycles. The van der Waals surface area contributed by atoms with Crippen molar-refractivity contribution < 1.29 is 8.42 Å². The quantitative estimate of drug-likeness (QED) is 0.499. The Balaban J connectivity index is 1.69. The minimum Gasteiger partial charge on any atom is -0.294 e. The third-order valence-corrected chi connectivity index (χ3v) is 5.97. The molecule has 0 spiro atoms. The number of thiazole rings is 1. The molecular weight excluding hydrogens is 396 g/mol. The molecule has 8 nitrogen and oxygen atoms in total. The maximum atomic E-state index is 12.5. The van der Waals surface area contributed by atoms with E-state index in [4.69, 9.17) is 0 Å². The summed E-state index contributed by atoms with van der Waals surface area (Å²) in [5.74, 6) is 0.740. The standard InChI is InChI=1S/C18H16N6O2S2/c1-13-3-2-4-14(11-13)24(16-7-8-21-22-16)15-5-6-17(20-12-15)28(25,26)23-18-19-9-10-27-18/h2-12H,1H3,(H,19,23)(H,21,22). The van der Waals surface area contributed by atoms with Crippen LogP contribution in [0.2, 0.25) is 0 Å². The van der Waals surface area contributed by atoms with Crippen molar-refractivity contribution in [2.75, 3.05) is 9.62 Å². The summed E-state index contributed by atoms with van der Waals surface area (Å²) in [6, 6.07) is 12.9. The van der Waals surface area contributed by atoms with E-state index in [1.54, 1.807) is 17.6 Å². The van der Waals surface area contributed by atoms with Crippen molar-refractivity contribution in [3.63, 3.8) is 0 Å². The van der Waals surface area contributed by atoms with Crippen molar-refractivity contribution in [3.05, 3.63) is 72.0 Å². The van der Waals surface area contributed by atoms with E-state index in [2.05, 4.69) is 24.9 Å². The van der Waals surface area contributed by atoms with Crippen molar-refractivity contribution in [2.45, 2.75) is 11.9 Å². The summed E-state index contributed by atoms with van der Waals surface area (Å²) in [5.41, 5.74) is 2.70. The van der Waals surface area contributed by atoms with Crippen molar-refractivity contribution >= 4 is 43.7 Å². The lowest BCUT2D eigenvalue weighted by Crippen LogP contribution is -2.15. The molecule has 4 aromatic rings. The molecule has 0 atom stereocenters. The van der Waals surface area contributed by atoms with E-state index in [1.165, 1.54) is 29.8 Å². The lowest BCUT2D eigenvalue weighted by molar-refractivity contribution is 0.597. The number of hydrogen-bond acceptors (Lipinski definition) is 7. The van der Waals surface area contributed by atoms with E-state index in [0.29, 0.717) is 10.8 Å². The zero-order chi connectivity index (χ0) is 19.6. The summed E-state index contributed by atoms with van der Waals surface area (Å²) >= 11 is 1.20. The largest absolute Gasteiger partial charge is 0.294 e. The lowest BCUT2D eigenvalue weighted by Gasteiger charge is -2.23. The number of aromatic nitrogens is 4. The monoisotopic (exact) mass is 412 g/mol. The Morgan fingerprint density at radius 2 is 1.96 bits per heavy atom. The number of H-pyrrole nitrogens is 1. The van der Waals surface area contributed by atoms with Gasteiger partial charge in [0.15, 0.2) is 10.2 Å². The summed E-state index contributed by atoms with van der Waals surface area (Å²) < 4.78 is 27.4. The lowest BCUT2D eigenvalue weighted by atomic mass is 10.2. The molecule has 142 valence electrons. The zero-order valence-electron chi connectivity index (χ0n) is 14.8. The van der Waals surface area contributed by atoms with Gasteiger partial charge in [0, 0.05) is 23.3 Å². The fourth-order valence-electron chi connectivity index (χ4n) is 2.67. The molecule has 2 N–H and O–H groups in total. The Morgan fingerprint density at radius 3 is 2.61 bits per heavy atom. The summed E-state index contributed by atoms with van der Waals surface area (Å²) in [6.45, 7) is 2.01. The van der Waals surface area contributed by atoms with Gasteiger partial charge in [-0.3, -0.25) is 14.7 Å².